The number of nitrogens with zero attached hydrogens (tertiary/aromatic N) is 4. The largest absolute Gasteiger partial charge is 1.00 e. The van der Waals surface area contributed by atoms with E-state index in [0.717, 1.165) is 0 Å². The molecule has 0 aliphatic rings. The summed E-state index contributed by atoms with van der Waals surface area (Å²) in [6.07, 6.45) is 0. The van der Waals surface area contributed by atoms with Gasteiger partial charge in [0.1, 0.15) is 0 Å². The summed E-state index contributed by atoms with van der Waals surface area (Å²) in [6.45, 7) is 0. The van der Waals surface area contributed by atoms with E-state index in [-0.39, 0.29) is 52.8 Å². The Kier molecular flexibility index (Phi) is 6.25. The van der Waals surface area contributed by atoms with Gasteiger partial charge in [0, 0.05) is 11.1 Å². The van der Waals surface area contributed by atoms with Crippen molar-refractivity contribution in [3.05, 3.63) is 58.6 Å². The van der Waals surface area contributed by atoms with Gasteiger partial charge >= 0.3 is 51.4 Å². The molecule has 0 fully saturated rings. The molecule has 100 valence electrons. The van der Waals surface area contributed by atoms with Crippen molar-refractivity contribution in [1.82, 2.24) is 20.4 Å². The predicted octanol–water partition coefficient (Wildman–Crippen LogP) is 1.02. The molecule has 1 aromatic heterocycles. The summed E-state index contributed by atoms with van der Waals surface area (Å²) in [6, 6.07) is 14.5. The molecule has 0 atom stereocenters. The van der Waals surface area contributed by atoms with Gasteiger partial charge in [-0.1, -0.05) is 47.5 Å². The quantitative estimate of drug-likeness (QED) is 0.652. The van der Waals surface area contributed by atoms with Gasteiger partial charge in [-0.3, -0.25) is 0 Å². The third-order valence-electron chi connectivity index (χ3n) is 2.71. The fraction of sp³-hybridized carbons (Fsp3) is 0. The molecule has 0 unspecified atom stereocenters. The Morgan fingerprint density at radius 3 is 1.29 bits per heavy atom. The molecule has 21 heavy (non-hydrogen) atoms. The van der Waals surface area contributed by atoms with E-state index in [2.05, 4.69) is 20.4 Å². The van der Waals surface area contributed by atoms with E-state index < -0.39 is 0 Å². The first-order valence-electron chi connectivity index (χ1n) is 5.83. The summed E-state index contributed by atoms with van der Waals surface area (Å²) in [4.78, 5) is 0. The van der Waals surface area contributed by atoms with Crippen LogP contribution in [0.1, 0.15) is 1.43 Å². The molecule has 0 aliphatic carbocycles. The Balaban J connectivity index is 0.00000121. The first-order chi connectivity index (χ1) is 9.75. The van der Waals surface area contributed by atoms with Crippen molar-refractivity contribution in [2.75, 3.05) is 0 Å². The molecule has 0 spiro atoms. The monoisotopic (exact) mass is 342 g/mol. The summed E-state index contributed by atoms with van der Waals surface area (Å²) in [7, 11) is 0. The fourth-order valence-corrected chi connectivity index (χ4v) is 2.17. The molecule has 2 aromatic carbocycles. The van der Waals surface area contributed by atoms with Crippen LogP contribution in [0, 0.1) is 0 Å². The van der Waals surface area contributed by atoms with Gasteiger partial charge in [0.25, 0.3) is 0 Å². The maximum Gasteiger partial charge on any atom is 1.00 e. The van der Waals surface area contributed by atoms with Crippen LogP contribution in [0.25, 0.3) is 22.8 Å². The zero-order valence-corrected chi connectivity index (χ0v) is 15.8. The Labute approximate surface area is 175 Å². The van der Waals surface area contributed by atoms with E-state index in [0.29, 0.717) is 32.8 Å². The fourth-order valence-electron chi connectivity index (χ4n) is 1.73. The van der Waals surface area contributed by atoms with E-state index in [9.17, 15) is 0 Å². The maximum atomic E-state index is 6.08. The number of aromatic nitrogens is 4. The standard InChI is InChI=1S/C14H8Cl2N4.K.H/c15-11-7-3-1-5-9(11)13-17-19-14(20-18-13)10-6-2-4-8-12(10)16;;/h1-8H;;/q;+1;-1. The molecule has 0 radical (unpaired) electrons. The van der Waals surface area contributed by atoms with Crippen molar-refractivity contribution < 1.29 is 52.8 Å². The summed E-state index contributed by atoms with van der Waals surface area (Å²) >= 11 is 12.2. The second-order valence-corrected chi connectivity index (χ2v) is 4.82. The van der Waals surface area contributed by atoms with Crippen LogP contribution in [0.5, 0.6) is 0 Å². The molecule has 7 heteroatoms. The number of benzene rings is 2. The second kappa shape index (κ2) is 7.74. The van der Waals surface area contributed by atoms with Crippen molar-refractivity contribution in [2.24, 2.45) is 0 Å². The van der Waals surface area contributed by atoms with E-state index in [4.69, 9.17) is 23.2 Å². The van der Waals surface area contributed by atoms with Gasteiger partial charge in [0.05, 0.1) is 10.0 Å². The van der Waals surface area contributed by atoms with E-state index in [1.54, 1.807) is 12.1 Å². The molecule has 4 nitrogen and oxygen atoms in total. The van der Waals surface area contributed by atoms with Crippen LogP contribution in [0.4, 0.5) is 0 Å². The van der Waals surface area contributed by atoms with Crippen molar-refractivity contribution >= 4 is 23.2 Å². The summed E-state index contributed by atoms with van der Waals surface area (Å²) < 4.78 is 0. The molecule has 0 bridgehead atoms. The third kappa shape index (κ3) is 3.87. The van der Waals surface area contributed by atoms with Crippen molar-refractivity contribution in [3.8, 4) is 22.8 Å². The summed E-state index contributed by atoms with van der Waals surface area (Å²) in [5.41, 5.74) is 1.39. The van der Waals surface area contributed by atoms with E-state index in [1.165, 1.54) is 0 Å². The Bertz CT molecular complexity index is 691. The minimum absolute atomic E-state index is 0. The Morgan fingerprint density at radius 1 is 0.619 bits per heavy atom. The minimum atomic E-state index is 0. The Morgan fingerprint density at radius 2 is 0.952 bits per heavy atom. The maximum absolute atomic E-state index is 6.08. The van der Waals surface area contributed by atoms with Crippen LogP contribution in [0.15, 0.2) is 48.5 Å². The normalized spacial score (nSPS) is 10.0. The van der Waals surface area contributed by atoms with E-state index >= 15 is 0 Å². The van der Waals surface area contributed by atoms with Crippen LogP contribution in [-0.4, -0.2) is 20.4 Å². The average Bonchev–Trinajstić information content (AvgIpc) is 2.49. The van der Waals surface area contributed by atoms with Crippen LogP contribution in [0.2, 0.25) is 10.0 Å². The van der Waals surface area contributed by atoms with Gasteiger partial charge in [0.2, 0.25) is 11.6 Å². The van der Waals surface area contributed by atoms with Crippen LogP contribution >= 0.6 is 23.2 Å². The molecule has 0 aliphatic heterocycles. The van der Waals surface area contributed by atoms with Gasteiger partial charge in [0.15, 0.2) is 0 Å². The van der Waals surface area contributed by atoms with Crippen molar-refractivity contribution in [2.45, 2.75) is 0 Å². The second-order valence-electron chi connectivity index (χ2n) is 4.01. The van der Waals surface area contributed by atoms with Crippen LogP contribution in [0.3, 0.4) is 0 Å². The average molecular weight is 343 g/mol. The summed E-state index contributed by atoms with van der Waals surface area (Å²) in [5.74, 6) is 0.762. The predicted molar refractivity (Wildman–Crippen MR) is 79.6 cm³/mol. The number of hydrogen-bond acceptors (Lipinski definition) is 4. The van der Waals surface area contributed by atoms with Gasteiger partial charge in [-0.15, -0.1) is 20.4 Å². The first kappa shape index (κ1) is 17.0. The number of halogens is 2. The Hall–Kier alpha value is -0.404. The molecular weight excluding hydrogens is 334 g/mol. The van der Waals surface area contributed by atoms with Crippen molar-refractivity contribution in [3.63, 3.8) is 0 Å². The molecular formula is C14H9Cl2KN4. The first-order valence-corrected chi connectivity index (χ1v) is 6.58. The smallest absolute Gasteiger partial charge is 1.00 e. The zero-order valence-electron chi connectivity index (χ0n) is 12.2. The van der Waals surface area contributed by atoms with Gasteiger partial charge in [-0.2, -0.15) is 0 Å². The molecule has 3 rings (SSSR count). The third-order valence-corrected chi connectivity index (χ3v) is 3.37. The van der Waals surface area contributed by atoms with Gasteiger partial charge < -0.3 is 1.43 Å². The molecule has 0 N–H and O–H groups in total. The molecule has 0 amide bonds. The topological polar surface area (TPSA) is 51.6 Å². The van der Waals surface area contributed by atoms with Gasteiger partial charge in [-0.05, 0) is 24.3 Å². The van der Waals surface area contributed by atoms with Crippen LogP contribution < -0.4 is 51.4 Å². The van der Waals surface area contributed by atoms with Gasteiger partial charge in [-0.25, -0.2) is 0 Å². The molecule has 1 heterocycles. The number of rotatable bonds is 2. The minimum Gasteiger partial charge on any atom is -1.00 e. The van der Waals surface area contributed by atoms with Crippen LogP contribution in [-0.2, 0) is 0 Å². The molecule has 0 saturated carbocycles. The van der Waals surface area contributed by atoms with Crippen molar-refractivity contribution in [1.29, 1.82) is 0 Å². The molecule has 3 aromatic rings. The molecule has 0 saturated heterocycles. The number of hydrogen-bond donors (Lipinski definition) is 0. The SMILES string of the molecule is Clc1ccccc1-c1nnc(-c2ccccc2Cl)nn1.[H-].[K+]. The zero-order chi connectivity index (χ0) is 13.9. The summed E-state index contributed by atoms with van der Waals surface area (Å²) in [5, 5.41) is 17.4. The van der Waals surface area contributed by atoms with E-state index in [1.807, 2.05) is 36.4 Å².